The minimum absolute atomic E-state index is 0.119. The molecule has 0 saturated heterocycles. The van der Waals surface area contributed by atoms with Gasteiger partial charge in [-0.3, -0.25) is 0 Å². The van der Waals surface area contributed by atoms with Crippen LogP contribution in [0.4, 0.5) is 10.1 Å². The summed E-state index contributed by atoms with van der Waals surface area (Å²) in [5.41, 5.74) is 3.77. The molecule has 1 heterocycles. The first-order chi connectivity index (χ1) is 12.2. The summed E-state index contributed by atoms with van der Waals surface area (Å²) in [6, 6.07) is 15.3. The number of benzene rings is 2. The average molecular weight is 342 g/mol. The van der Waals surface area contributed by atoms with Crippen molar-refractivity contribution in [2.24, 2.45) is 0 Å². The standard InChI is InChI=1S/C18H19FN4O2/c1-22(2)15-5-3-14(4-6-15)18-11-23(21-20-18)16-7-9-17(10-8-16)25-13-24-12-19/h3-11H,12-13H2,1-2H3. The number of hydrogen-bond acceptors (Lipinski definition) is 5. The van der Waals surface area contributed by atoms with Crippen molar-refractivity contribution in [1.29, 1.82) is 0 Å². The quantitative estimate of drug-likeness (QED) is 0.487. The zero-order chi connectivity index (χ0) is 17.6. The predicted octanol–water partition coefficient (Wildman–Crippen LogP) is 3.28. The predicted molar refractivity (Wildman–Crippen MR) is 93.7 cm³/mol. The fourth-order valence-corrected chi connectivity index (χ4v) is 2.29. The average Bonchev–Trinajstić information content (AvgIpc) is 3.13. The zero-order valence-corrected chi connectivity index (χ0v) is 14.1. The Bertz CT molecular complexity index is 801. The Kier molecular flexibility index (Phi) is 5.25. The van der Waals surface area contributed by atoms with Gasteiger partial charge in [-0.05, 0) is 36.4 Å². The van der Waals surface area contributed by atoms with Crippen LogP contribution in [0.15, 0.2) is 54.7 Å². The molecule has 0 bridgehead atoms. The summed E-state index contributed by atoms with van der Waals surface area (Å²) >= 11 is 0. The first-order valence-electron chi connectivity index (χ1n) is 7.74. The number of nitrogens with zero attached hydrogens (tertiary/aromatic N) is 4. The lowest BCUT2D eigenvalue weighted by Crippen LogP contribution is -2.07. The minimum Gasteiger partial charge on any atom is -0.467 e. The highest BCUT2D eigenvalue weighted by atomic mass is 19.1. The monoisotopic (exact) mass is 342 g/mol. The minimum atomic E-state index is -0.866. The molecule has 6 nitrogen and oxygen atoms in total. The number of alkyl halides is 1. The van der Waals surface area contributed by atoms with Crippen LogP contribution in [0.3, 0.4) is 0 Å². The molecular weight excluding hydrogens is 323 g/mol. The summed E-state index contributed by atoms with van der Waals surface area (Å²) in [5, 5.41) is 8.39. The van der Waals surface area contributed by atoms with Crippen molar-refractivity contribution in [3.8, 4) is 22.7 Å². The van der Waals surface area contributed by atoms with E-state index in [4.69, 9.17) is 4.74 Å². The molecule has 0 aliphatic rings. The van der Waals surface area contributed by atoms with E-state index in [9.17, 15) is 4.39 Å². The van der Waals surface area contributed by atoms with E-state index in [0.717, 1.165) is 22.6 Å². The van der Waals surface area contributed by atoms with Gasteiger partial charge in [0.1, 0.15) is 11.4 Å². The molecule has 0 N–H and O–H groups in total. The van der Waals surface area contributed by atoms with Gasteiger partial charge in [0.15, 0.2) is 13.7 Å². The van der Waals surface area contributed by atoms with Crippen LogP contribution in [0.1, 0.15) is 0 Å². The molecule has 0 radical (unpaired) electrons. The SMILES string of the molecule is CN(C)c1ccc(-c2cn(-c3ccc(OCOCF)cc3)nn2)cc1. The Morgan fingerprint density at radius 2 is 1.76 bits per heavy atom. The smallest absolute Gasteiger partial charge is 0.192 e. The molecule has 0 unspecified atom stereocenters. The third-order valence-electron chi connectivity index (χ3n) is 3.66. The maximum Gasteiger partial charge on any atom is 0.192 e. The largest absolute Gasteiger partial charge is 0.467 e. The van der Waals surface area contributed by atoms with E-state index in [1.54, 1.807) is 16.8 Å². The molecule has 130 valence electrons. The van der Waals surface area contributed by atoms with Crippen LogP contribution in [0.25, 0.3) is 16.9 Å². The first kappa shape index (κ1) is 16.9. The molecule has 0 fully saturated rings. The van der Waals surface area contributed by atoms with Gasteiger partial charge in [0.05, 0.1) is 11.9 Å². The van der Waals surface area contributed by atoms with Gasteiger partial charge in [0.2, 0.25) is 0 Å². The molecule has 3 rings (SSSR count). The molecule has 0 atom stereocenters. The van der Waals surface area contributed by atoms with Gasteiger partial charge in [-0.1, -0.05) is 17.3 Å². The van der Waals surface area contributed by atoms with Crippen LogP contribution in [0.5, 0.6) is 5.75 Å². The number of anilines is 1. The van der Waals surface area contributed by atoms with Crippen LogP contribution in [-0.4, -0.2) is 42.7 Å². The molecular formula is C18H19FN4O2. The number of halogens is 1. The Labute approximate surface area is 145 Å². The second-order valence-corrected chi connectivity index (χ2v) is 5.56. The third-order valence-corrected chi connectivity index (χ3v) is 3.66. The van der Waals surface area contributed by atoms with Crippen LogP contribution >= 0.6 is 0 Å². The molecule has 0 saturated carbocycles. The molecule has 25 heavy (non-hydrogen) atoms. The van der Waals surface area contributed by atoms with Crippen molar-refractivity contribution in [1.82, 2.24) is 15.0 Å². The Morgan fingerprint density at radius 3 is 2.40 bits per heavy atom. The van der Waals surface area contributed by atoms with Gasteiger partial charge >= 0.3 is 0 Å². The summed E-state index contributed by atoms with van der Waals surface area (Å²) in [5.74, 6) is 0.594. The molecule has 0 spiro atoms. The van der Waals surface area contributed by atoms with Crippen molar-refractivity contribution in [2.75, 3.05) is 32.6 Å². The topological polar surface area (TPSA) is 52.4 Å². The normalized spacial score (nSPS) is 10.7. The molecule has 2 aromatic carbocycles. The molecule has 0 aliphatic heterocycles. The molecule has 3 aromatic rings. The first-order valence-corrected chi connectivity index (χ1v) is 7.74. The van der Waals surface area contributed by atoms with Gasteiger partial charge in [0, 0.05) is 25.3 Å². The van der Waals surface area contributed by atoms with Crippen molar-refractivity contribution in [2.45, 2.75) is 0 Å². The Balaban J connectivity index is 1.72. The van der Waals surface area contributed by atoms with Crippen molar-refractivity contribution >= 4 is 5.69 Å². The number of ether oxygens (including phenoxy) is 2. The number of rotatable bonds is 7. The second kappa shape index (κ2) is 7.76. The van der Waals surface area contributed by atoms with Crippen LogP contribution in [0, 0.1) is 0 Å². The van der Waals surface area contributed by atoms with Crippen LogP contribution in [0.2, 0.25) is 0 Å². The van der Waals surface area contributed by atoms with Gasteiger partial charge < -0.3 is 14.4 Å². The third kappa shape index (κ3) is 4.13. The fraction of sp³-hybridized carbons (Fsp3) is 0.222. The number of hydrogen-bond donors (Lipinski definition) is 0. The van der Waals surface area contributed by atoms with Crippen LogP contribution in [-0.2, 0) is 4.74 Å². The Hall–Kier alpha value is -2.93. The van der Waals surface area contributed by atoms with Gasteiger partial charge in [-0.2, -0.15) is 0 Å². The van der Waals surface area contributed by atoms with Gasteiger partial charge in [0.25, 0.3) is 0 Å². The van der Waals surface area contributed by atoms with E-state index < -0.39 is 6.86 Å². The summed E-state index contributed by atoms with van der Waals surface area (Å²) in [6.07, 6.45) is 1.87. The van der Waals surface area contributed by atoms with Gasteiger partial charge in [-0.25, -0.2) is 9.07 Å². The van der Waals surface area contributed by atoms with Crippen molar-refractivity contribution in [3.63, 3.8) is 0 Å². The lowest BCUT2D eigenvalue weighted by Gasteiger charge is -2.11. The summed E-state index contributed by atoms with van der Waals surface area (Å²) in [6.45, 7) is -0.985. The summed E-state index contributed by atoms with van der Waals surface area (Å²) < 4.78 is 23.3. The summed E-state index contributed by atoms with van der Waals surface area (Å²) in [7, 11) is 4.00. The number of aromatic nitrogens is 3. The van der Waals surface area contributed by atoms with E-state index in [-0.39, 0.29) is 6.79 Å². The van der Waals surface area contributed by atoms with Crippen LogP contribution < -0.4 is 9.64 Å². The fourth-order valence-electron chi connectivity index (χ4n) is 2.29. The molecule has 1 aromatic heterocycles. The van der Waals surface area contributed by atoms with E-state index in [2.05, 4.69) is 15.0 Å². The summed E-state index contributed by atoms with van der Waals surface area (Å²) in [4.78, 5) is 2.04. The van der Waals surface area contributed by atoms with E-state index in [1.165, 1.54) is 0 Å². The lowest BCUT2D eigenvalue weighted by atomic mass is 10.1. The molecule has 7 heteroatoms. The molecule has 0 amide bonds. The lowest BCUT2D eigenvalue weighted by molar-refractivity contribution is -0.0284. The maximum atomic E-state index is 11.9. The zero-order valence-electron chi connectivity index (χ0n) is 14.1. The van der Waals surface area contributed by atoms with Gasteiger partial charge in [-0.15, -0.1) is 5.10 Å². The highest BCUT2D eigenvalue weighted by Crippen LogP contribution is 2.22. The highest BCUT2D eigenvalue weighted by Gasteiger charge is 2.06. The van der Waals surface area contributed by atoms with E-state index in [1.807, 2.05) is 61.6 Å². The highest BCUT2D eigenvalue weighted by molar-refractivity contribution is 5.62. The Morgan fingerprint density at radius 1 is 1.04 bits per heavy atom. The van der Waals surface area contributed by atoms with Crippen molar-refractivity contribution < 1.29 is 13.9 Å². The van der Waals surface area contributed by atoms with Crippen molar-refractivity contribution in [3.05, 3.63) is 54.7 Å². The second-order valence-electron chi connectivity index (χ2n) is 5.56. The molecule has 0 aliphatic carbocycles. The van der Waals surface area contributed by atoms with E-state index in [0.29, 0.717) is 5.75 Å². The van der Waals surface area contributed by atoms with E-state index >= 15 is 0 Å². The maximum absolute atomic E-state index is 11.9.